The first kappa shape index (κ1) is 22.1. The van der Waals surface area contributed by atoms with E-state index in [1.807, 2.05) is 25.1 Å². The molecule has 1 aliphatic rings. The Morgan fingerprint density at radius 3 is 2.25 bits per heavy atom. The van der Waals surface area contributed by atoms with Gasteiger partial charge in [-0.1, -0.05) is 55.0 Å². The van der Waals surface area contributed by atoms with Crippen LogP contribution in [-0.4, -0.2) is 41.5 Å². The molecule has 2 aromatic carbocycles. The van der Waals surface area contributed by atoms with Gasteiger partial charge in [0.05, 0.1) is 4.90 Å². The van der Waals surface area contributed by atoms with E-state index < -0.39 is 16.1 Å². The van der Waals surface area contributed by atoms with Crippen LogP contribution in [0.25, 0.3) is 0 Å². The molecular weight excluding hydrogens is 378 g/mol. The Hall–Kier alpha value is -2.22. The Morgan fingerprint density at radius 1 is 1.11 bits per heavy atom. The first-order chi connectivity index (χ1) is 13.2. The highest BCUT2D eigenvalue weighted by Gasteiger charge is 2.31. The lowest BCUT2D eigenvalue weighted by atomic mass is 9.92. The number of hydrogen-bond donors (Lipinski definition) is 2. The van der Waals surface area contributed by atoms with E-state index in [4.69, 9.17) is 4.55 Å². The van der Waals surface area contributed by atoms with E-state index in [0.717, 1.165) is 31.5 Å². The summed E-state index contributed by atoms with van der Waals surface area (Å²) >= 11 is 0. The zero-order valence-corrected chi connectivity index (χ0v) is 17.0. The van der Waals surface area contributed by atoms with Crippen LogP contribution in [0.3, 0.4) is 0 Å². The second-order valence-corrected chi connectivity index (χ2v) is 8.65. The minimum atomic E-state index is -4.02. The average molecular weight is 406 g/mol. The molecule has 2 unspecified atom stereocenters. The molecule has 0 aliphatic carbocycles. The number of carboxylic acids is 1. The highest BCUT2D eigenvalue weighted by molar-refractivity contribution is 7.85. The predicted octanol–water partition coefficient (Wildman–Crippen LogP) is 3.61. The van der Waals surface area contributed by atoms with Crippen LogP contribution in [0.1, 0.15) is 30.9 Å². The summed E-state index contributed by atoms with van der Waals surface area (Å²) in [6.45, 7) is 5.60. The van der Waals surface area contributed by atoms with E-state index in [1.165, 1.54) is 17.7 Å². The van der Waals surface area contributed by atoms with Crippen LogP contribution in [0.4, 0.5) is 0 Å². The number of carbonyl (C=O) groups is 1. The number of piperidine rings is 1. The highest BCUT2D eigenvalue weighted by atomic mass is 32.2. The summed E-state index contributed by atoms with van der Waals surface area (Å²) in [6, 6.07) is 15.8. The topological polar surface area (TPSA) is 94.9 Å². The molecule has 0 amide bonds. The standard InChI is InChI=1S/C14H19NO2.C7H8O3S/c1-11-7-8-15(13(9-11)14(16)17)10-12-5-3-2-4-6-12;1-6-2-4-7(5-3-6)11(8,9)10/h2-6,11,13H,7-10H2,1H3,(H,16,17);2-5H,1H3,(H,8,9,10). The third kappa shape index (κ3) is 6.74. The summed E-state index contributed by atoms with van der Waals surface area (Å²) in [4.78, 5) is 13.3. The van der Waals surface area contributed by atoms with E-state index in [9.17, 15) is 18.3 Å². The Kier molecular flexibility index (Phi) is 7.74. The van der Waals surface area contributed by atoms with Gasteiger partial charge in [-0.3, -0.25) is 14.2 Å². The van der Waals surface area contributed by atoms with Crippen LogP contribution in [-0.2, 0) is 21.5 Å². The van der Waals surface area contributed by atoms with Crippen molar-refractivity contribution in [3.63, 3.8) is 0 Å². The van der Waals surface area contributed by atoms with Gasteiger partial charge in [0.2, 0.25) is 0 Å². The Bertz CT molecular complexity index is 865. The summed E-state index contributed by atoms with van der Waals surface area (Å²) < 4.78 is 29.6. The van der Waals surface area contributed by atoms with Gasteiger partial charge in [0, 0.05) is 6.54 Å². The molecule has 28 heavy (non-hydrogen) atoms. The van der Waals surface area contributed by atoms with Crippen molar-refractivity contribution < 1.29 is 22.9 Å². The van der Waals surface area contributed by atoms with Gasteiger partial charge in [-0.2, -0.15) is 8.42 Å². The summed E-state index contributed by atoms with van der Waals surface area (Å²) in [5, 5.41) is 9.26. The summed E-state index contributed by atoms with van der Waals surface area (Å²) in [5.41, 5.74) is 2.14. The van der Waals surface area contributed by atoms with Crippen molar-refractivity contribution in [2.24, 2.45) is 5.92 Å². The molecule has 0 aromatic heterocycles. The zero-order chi connectivity index (χ0) is 20.7. The van der Waals surface area contributed by atoms with E-state index in [1.54, 1.807) is 12.1 Å². The maximum Gasteiger partial charge on any atom is 0.320 e. The molecule has 2 atom stereocenters. The molecule has 0 saturated carbocycles. The zero-order valence-electron chi connectivity index (χ0n) is 16.2. The van der Waals surface area contributed by atoms with Gasteiger partial charge >= 0.3 is 5.97 Å². The lowest BCUT2D eigenvalue weighted by Crippen LogP contribution is -2.46. The lowest BCUT2D eigenvalue weighted by molar-refractivity contribution is -0.145. The third-order valence-electron chi connectivity index (χ3n) is 4.81. The van der Waals surface area contributed by atoms with Gasteiger partial charge < -0.3 is 5.11 Å². The van der Waals surface area contributed by atoms with Crippen molar-refractivity contribution in [1.82, 2.24) is 4.90 Å². The minimum Gasteiger partial charge on any atom is -0.480 e. The van der Waals surface area contributed by atoms with Crippen LogP contribution in [0, 0.1) is 12.8 Å². The van der Waals surface area contributed by atoms with Crippen molar-refractivity contribution >= 4 is 16.1 Å². The molecule has 2 aromatic rings. The Morgan fingerprint density at radius 2 is 1.71 bits per heavy atom. The first-order valence-corrected chi connectivity index (χ1v) is 10.7. The van der Waals surface area contributed by atoms with E-state index in [0.29, 0.717) is 5.92 Å². The molecule has 1 fully saturated rings. The molecule has 7 heteroatoms. The number of aryl methyl sites for hydroxylation is 1. The molecule has 3 rings (SSSR count). The fraction of sp³-hybridized carbons (Fsp3) is 0.381. The predicted molar refractivity (Wildman–Crippen MR) is 108 cm³/mol. The summed E-state index contributed by atoms with van der Waals surface area (Å²) in [6.07, 6.45) is 1.86. The smallest absolute Gasteiger partial charge is 0.320 e. The van der Waals surface area contributed by atoms with Gasteiger partial charge in [-0.25, -0.2) is 0 Å². The normalized spacial score (nSPS) is 20.1. The Labute approximate surface area is 166 Å². The van der Waals surface area contributed by atoms with Crippen LogP contribution in [0.2, 0.25) is 0 Å². The largest absolute Gasteiger partial charge is 0.480 e. The van der Waals surface area contributed by atoms with Crippen LogP contribution >= 0.6 is 0 Å². The van der Waals surface area contributed by atoms with Gasteiger partial charge in [-0.05, 0) is 49.9 Å². The molecular formula is C21H27NO5S. The van der Waals surface area contributed by atoms with E-state index >= 15 is 0 Å². The van der Waals surface area contributed by atoms with Crippen LogP contribution < -0.4 is 0 Å². The van der Waals surface area contributed by atoms with Gasteiger partial charge in [-0.15, -0.1) is 0 Å². The second-order valence-electron chi connectivity index (χ2n) is 7.23. The van der Waals surface area contributed by atoms with Crippen molar-refractivity contribution in [3.05, 3.63) is 65.7 Å². The molecule has 152 valence electrons. The van der Waals surface area contributed by atoms with Crippen molar-refractivity contribution in [3.8, 4) is 0 Å². The first-order valence-electron chi connectivity index (χ1n) is 9.21. The van der Waals surface area contributed by atoms with Gasteiger partial charge in [0.1, 0.15) is 6.04 Å². The summed E-state index contributed by atoms with van der Waals surface area (Å²) in [7, 11) is -4.02. The van der Waals surface area contributed by atoms with E-state index in [2.05, 4.69) is 24.0 Å². The number of hydrogen-bond acceptors (Lipinski definition) is 4. The van der Waals surface area contributed by atoms with E-state index in [-0.39, 0.29) is 10.9 Å². The Balaban J connectivity index is 0.000000221. The number of nitrogens with zero attached hydrogens (tertiary/aromatic N) is 1. The number of aliphatic carboxylic acids is 1. The summed E-state index contributed by atoms with van der Waals surface area (Å²) in [5.74, 6) is -0.171. The van der Waals surface area contributed by atoms with Gasteiger partial charge in [0.15, 0.2) is 0 Å². The molecule has 2 N–H and O–H groups in total. The quantitative estimate of drug-likeness (QED) is 0.755. The molecule has 0 bridgehead atoms. The van der Waals surface area contributed by atoms with Crippen LogP contribution in [0.15, 0.2) is 59.5 Å². The van der Waals surface area contributed by atoms with Crippen LogP contribution in [0.5, 0.6) is 0 Å². The van der Waals surface area contributed by atoms with Crippen molar-refractivity contribution in [2.45, 2.75) is 44.2 Å². The molecule has 0 radical (unpaired) electrons. The number of benzene rings is 2. The number of likely N-dealkylation sites (tertiary alicyclic amines) is 1. The average Bonchev–Trinajstić information content (AvgIpc) is 2.64. The number of carboxylic acid groups (broad SMARTS) is 1. The molecule has 1 aliphatic heterocycles. The molecule has 6 nitrogen and oxygen atoms in total. The maximum atomic E-state index is 11.3. The highest BCUT2D eigenvalue weighted by Crippen LogP contribution is 2.24. The SMILES string of the molecule is CC1CCN(Cc2ccccc2)C(C(=O)O)C1.Cc1ccc(S(=O)(=O)O)cc1. The molecule has 1 heterocycles. The fourth-order valence-electron chi connectivity index (χ4n) is 3.16. The molecule has 1 saturated heterocycles. The van der Waals surface area contributed by atoms with Crippen molar-refractivity contribution in [1.29, 1.82) is 0 Å². The van der Waals surface area contributed by atoms with Crippen molar-refractivity contribution in [2.75, 3.05) is 6.54 Å². The lowest BCUT2D eigenvalue weighted by Gasteiger charge is -2.35. The molecule has 0 spiro atoms. The number of rotatable bonds is 4. The van der Waals surface area contributed by atoms with Gasteiger partial charge in [0.25, 0.3) is 10.1 Å². The maximum absolute atomic E-state index is 11.3. The second kappa shape index (κ2) is 9.82. The minimum absolute atomic E-state index is 0.0666. The fourth-order valence-corrected chi connectivity index (χ4v) is 3.64. The monoisotopic (exact) mass is 405 g/mol. The third-order valence-corrected chi connectivity index (χ3v) is 5.68.